The highest BCUT2D eigenvalue weighted by atomic mass is 32.2. The van der Waals surface area contributed by atoms with Crippen molar-refractivity contribution in [1.29, 1.82) is 0 Å². The Hall–Kier alpha value is -3.94. The quantitative estimate of drug-likeness (QED) is 0.314. The first kappa shape index (κ1) is 31.5. The number of fused-ring (bicyclic) bond motifs is 2. The summed E-state index contributed by atoms with van der Waals surface area (Å²) in [6.45, 7) is 0.495. The van der Waals surface area contributed by atoms with Gasteiger partial charge in [-0.15, -0.1) is 0 Å². The van der Waals surface area contributed by atoms with Gasteiger partial charge in [0, 0.05) is 25.2 Å². The average Bonchev–Trinajstić information content (AvgIpc) is 3.91. The number of hydrogen-bond acceptors (Lipinski definition) is 9. The molecule has 238 valence electrons. The largest absolute Gasteiger partial charge is 0.465 e. The van der Waals surface area contributed by atoms with Crippen LogP contribution in [0.3, 0.4) is 0 Å². The van der Waals surface area contributed by atoms with Gasteiger partial charge in [-0.25, -0.2) is 18.0 Å². The van der Waals surface area contributed by atoms with Crippen LogP contribution in [0.4, 0.5) is 10.5 Å². The summed E-state index contributed by atoms with van der Waals surface area (Å²) in [6.07, 6.45) is 5.74. The lowest BCUT2D eigenvalue weighted by Gasteiger charge is -2.26. The topological polar surface area (TPSA) is 177 Å². The Balaban J connectivity index is 1.33. The van der Waals surface area contributed by atoms with E-state index in [9.17, 15) is 32.4 Å². The molecule has 0 spiro atoms. The van der Waals surface area contributed by atoms with Crippen LogP contribution < -0.4 is 15.4 Å². The van der Waals surface area contributed by atoms with E-state index < -0.39 is 62.6 Å². The number of ether oxygens (including phenoxy) is 2. The molecule has 3 aliphatic carbocycles. The van der Waals surface area contributed by atoms with Crippen molar-refractivity contribution < 1.29 is 41.9 Å². The summed E-state index contributed by atoms with van der Waals surface area (Å²) in [6, 6.07) is 6.10. The van der Waals surface area contributed by atoms with Crippen LogP contribution in [0.15, 0.2) is 36.4 Å². The molecular formula is C30H38N4O9S. The molecule has 1 aromatic carbocycles. The molecule has 14 heteroatoms. The molecule has 3 fully saturated rings. The van der Waals surface area contributed by atoms with Crippen LogP contribution in [0.25, 0.3) is 0 Å². The van der Waals surface area contributed by atoms with Crippen LogP contribution in [-0.4, -0.2) is 80.7 Å². The van der Waals surface area contributed by atoms with E-state index in [1.807, 2.05) is 12.2 Å². The molecule has 1 heterocycles. The van der Waals surface area contributed by atoms with Crippen LogP contribution in [0.5, 0.6) is 0 Å². The zero-order valence-corrected chi connectivity index (χ0v) is 25.6. The van der Waals surface area contributed by atoms with Crippen molar-refractivity contribution >= 4 is 45.5 Å². The van der Waals surface area contributed by atoms with Crippen LogP contribution >= 0.6 is 0 Å². The Bertz CT molecular complexity index is 1470. The Morgan fingerprint density at radius 1 is 1.09 bits per heavy atom. The first-order chi connectivity index (χ1) is 20.9. The van der Waals surface area contributed by atoms with Crippen molar-refractivity contribution in [3.63, 3.8) is 0 Å². The number of benzene rings is 1. The standard InChI is InChI=1S/C30H38N4O9S/c1-34-13-6-4-3-5-9-19-17-30(19,28(38)33-44(40,41)22-11-12-22)32-25(35)23-15-21(16-24(23)26(34)36)43-29(39)31-20-10-7-8-18(14-20)27(37)42-2/h5,7-10,14,19,21-24H,3-4,6,11-13,15-17H2,1-2H3,(H,31,39)(H,32,35)(H,33,38)/b9-5-/t19-,21-,23-,24-,30-/m1/s1. The fourth-order valence-corrected chi connectivity index (χ4v) is 7.40. The molecule has 0 radical (unpaired) electrons. The van der Waals surface area contributed by atoms with Crippen molar-refractivity contribution in [2.24, 2.45) is 17.8 Å². The second-order valence-electron chi connectivity index (χ2n) is 12.0. The molecule has 44 heavy (non-hydrogen) atoms. The maximum absolute atomic E-state index is 13.8. The van der Waals surface area contributed by atoms with Gasteiger partial charge in [0.15, 0.2) is 0 Å². The lowest BCUT2D eigenvalue weighted by molar-refractivity contribution is -0.140. The summed E-state index contributed by atoms with van der Waals surface area (Å²) >= 11 is 0. The van der Waals surface area contributed by atoms with Gasteiger partial charge in [0.2, 0.25) is 21.8 Å². The predicted molar refractivity (Wildman–Crippen MR) is 158 cm³/mol. The Morgan fingerprint density at radius 2 is 1.84 bits per heavy atom. The van der Waals surface area contributed by atoms with Crippen molar-refractivity contribution in [3.8, 4) is 0 Å². The molecule has 1 aliphatic heterocycles. The molecule has 0 aromatic heterocycles. The van der Waals surface area contributed by atoms with Gasteiger partial charge in [0.05, 0.1) is 29.8 Å². The molecule has 4 amide bonds. The Kier molecular flexibility index (Phi) is 9.00. The SMILES string of the molecule is COC(=O)c1cccc(NC(=O)O[C@@H]2C[C@H]3C(=O)N[C@]4(C(=O)NS(=O)(=O)C5CC5)C[C@H]4/C=C\CCCCN(C)C(=O)[C@@H]3C2)c1. The van der Waals surface area contributed by atoms with Crippen molar-refractivity contribution in [1.82, 2.24) is 14.9 Å². The van der Waals surface area contributed by atoms with Gasteiger partial charge in [-0.1, -0.05) is 18.2 Å². The maximum atomic E-state index is 13.8. The zero-order valence-electron chi connectivity index (χ0n) is 24.7. The summed E-state index contributed by atoms with van der Waals surface area (Å²) in [5, 5.41) is 4.77. The van der Waals surface area contributed by atoms with Gasteiger partial charge in [0.25, 0.3) is 5.91 Å². The first-order valence-corrected chi connectivity index (χ1v) is 16.4. The van der Waals surface area contributed by atoms with Gasteiger partial charge in [-0.05, 0) is 69.6 Å². The smallest absolute Gasteiger partial charge is 0.411 e. The molecule has 0 bridgehead atoms. The minimum absolute atomic E-state index is 0.0320. The molecule has 13 nitrogen and oxygen atoms in total. The van der Waals surface area contributed by atoms with E-state index in [2.05, 4.69) is 15.4 Å². The van der Waals surface area contributed by atoms with Crippen molar-refractivity contribution in [3.05, 3.63) is 42.0 Å². The zero-order chi connectivity index (χ0) is 31.6. The fraction of sp³-hybridized carbons (Fsp3) is 0.567. The molecule has 5 atom stereocenters. The van der Waals surface area contributed by atoms with Gasteiger partial charge in [0.1, 0.15) is 11.6 Å². The van der Waals surface area contributed by atoms with E-state index in [0.29, 0.717) is 31.5 Å². The summed E-state index contributed by atoms with van der Waals surface area (Å²) in [5.41, 5.74) is -0.915. The van der Waals surface area contributed by atoms with Crippen LogP contribution in [0.2, 0.25) is 0 Å². The normalized spacial score (nSPS) is 29.6. The summed E-state index contributed by atoms with van der Waals surface area (Å²) in [4.78, 5) is 66.9. The molecule has 0 unspecified atom stereocenters. The summed E-state index contributed by atoms with van der Waals surface area (Å²) < 4.78 is 37.6. The number of carbonyl (C=O) groups is 5. The third-order valence-corrected chi connectivity index (χ3v) is 10.6. The second kappa shape index (κ2) is 12.6. The molecular weight excluding hydrogens is 592 g/mol. The number of esters is 1. The van der Waals surface area contributed by atoms with E-state index in [-0.39, 0.29) is 36.7 Å². The molecule has 0 saturated heterocycles. The number of hydrogen-bond donors (Lipinski definition) is 3. The molecule has 4 aliphatic rings. The van der Waals surface area contributed by atoms with Crippen molar-refractivity contribution in [2.45, 2.75) is 68.3 Å². The molecule has 3 N–H and O–H groups in total. The minimum Gasteiger partial charge on any atom is -0.465 e. The van der Waals surface area contributed by atoms with Crippen LogP contribution in [0, 0.1) is 17.8 Å². The Morgan fingerprint density at radius 3 is 2.57 bits per heavy atom. The summed E-state index contributed by atoms with van der Waals surface area (Å²) in [5.74, 6) is -4.30. The summed E-state index contributed by atoms with van der Waals surface area (Å²) in [7, 11) is -0.926. The van der Waals surface area contributed by atoms with Crippen LogP contribution in [0.1, 0.15) is 61.7 Å². The highest BCUT2D eigenvalue weighted by molar-refractivity contribution is 7.91. The van der Waals surface area contributed by atoms with Gasteiger partial charge in [-0.3, -0.25) is 24.4 Å². The van der Waals surface area contributed by atoms with Crippen LogP contribution in [-0.2, 0) is 33.9 Å². The lowest BCUT2D eigenvalue weighted by atomic mass is 9.93. The highest BCUT2D eigenvalue weighted by Gasteiger charge is 2.62. The first-order valence-electron chi connectivity index (χ1n) is 14.9. The third kappa shape index (κ3) is 6.90. The second-order valence-corrected chi connectivity index (χ2v) is 14.0. The number of carbonyl (C=O) groups excluding carboxylic acids is 5. The number of sulfonamides is 1. The van der Waals surface area contributed by atoms with E-state index in [4.69, 9.17) is 9.47 Å². The van der Waals surface area contributed by atoms with Gasteiger partial charge >= 0.3 is 12.1 Å². The van der Waals surface area contributed by atoms with E-state index in [0.717, 1.165) is 12.8 Å². The fourth-order valence-electron chi connectivity index (χ4n) is 6.03. The van der Waals surface area contributed by atoms with E-state index in [1.165, 1.54) is 19.2 Å². The predicted octanol–water partition coefficient (Wildman–Crippen LogP) is 2.10. The highest BCUT2D eigenvalue weighted by Crippen LogP contribution is 2.47. The van der Waals surface area contributed by atoms with E-state index in [1.54, 1.807) is 24.1 Å². The van der Waals surface area contributed by atoms with Gasteiger partial charge < -0.3 is 19.7 Å². The molecule has 3 saturated carbocycles. The lowest BCUT2D eigenvalue weighted by Crippen LogP contribution is -2.54. The van der Waals surface area contributed by atoms with Crippen molar-refractivity contribution in [2.75, 3.05) is 26.0 Å². The number of methoxy groups -OCH3 is 1. The molecule has 5 rings (SSSR count). The number of anilines is 1. The Labute approximate surface area is 256 Å². The average molecular weight is 631 g/mol. The maximum Gasteiger partial charge on any atom is 0.411 e. The third-order valence-electron chi connectivity index (χ3n) is 8.80. The number of nitrogens with zero attached hydrogens (tertiary/aromatic N) is 1. The number of rotatable bonds is 6. The number of amides is 4. The minimum atomic E-state index is -3.84. The molecule has 1 aromatic rings. The monoisotopic (exact) mass is 630 g/mol. The number of nitrogens with one attached hydrogen (secondary N) is 3. The number of allylic oxidation sites excluding steroid dienone is 1. The van der Waals surface area contributed by atoms with Gasteiger partial charge in [-0.2, -0.15) is 0 Å². The van der Waals surface area contributed by atoms with E-state index >= 15 is 0 Å².